The maximum atomic E-state index is 13.7. The summed E-state index contributed by atoms with van der Waals surface area (Å²) < 4.78 is 7.40. The SMILES string of the molecule is CN(C)CC1CN(c2cccc(C(c3ccccc3)n3[nH]c(=O)c(Sc4ccccc4Cl)c3[O-])c2)CCO1. The first kappa shape index (κ1) is 26.4. The Hall–Kier alpha value is -3.17. The molecular weight excluding hydrogens is 520 g/mol. The van der Waals surface area contributed by atoms with Gasteiger partial charge >= 0.3 is 0 Å². The Bertz CT molecular complexity index is 1440. The van der Waals surface area contributed by atoms with Gasteiger partial charge in [0.2, 0.25) is 0 Å². The molecule has 1 saturated heterocycles. The molecule has 7 nitrogen and oxygen atoms in total. The van der Waals surface area contributed by atoms with E-state index in [4.69, 9.17) is 16.3 Å². The Kier molecular flexibility index (Phi) is 8.14. The Labute approximate surface area is 231 Å². The van der Waals surface area contributed by atoms with E-state index in [1.165, 1.54) is 4.68 Å². The molecule has 2 heterocycles. The van der Waals surface area contributed by atoms with Gasteiger partial charge in [-0.25, -0.2) is 0 Å². The highest BCUT2D eigenvalue weighted by molar-refractivity contribution is 7.99. The number of nitrogens with one attached hydrogen (secondary N) is 1. The van der Waals surface area contributed by atoms with E-state index in [9.17, 15) is 9.90 Å². The molecule has 5 rings (SSSR count). The number of hydrogen-bond donors (Lipinski definition) is 1. The van der Waals surface area contributed by atoms with Crippen LogP contribution in [0.5, 0.6) is 5.88 Å². The zero-order valence-corrected chi connectivity index (χ0v) is 22.9. The van der Waals surface area contributed by atoms with Crippen LogP contribution in [0.3, 0.4) is 0 Å². The summed E-state index contributed by atoms with van der Waals surface area (Å²) in [7, 11) is 4.09. The molecule has 0 amide bonds. The Morgan fingerprint density at radius 1 is 1.08 bits per heavy atom. The Morgan fingerprint density at radius 3 is 2.58 bits per heavy atom. The Morgan fingerprint density at radius 2 is 1.82 bits per heavy atom. The third-order valence-electron chi connectivity index (χ3n) is 6.52. The maximum absolute atomic E-state index is 13.7. The molecule has 0 bridgehead atoms. The molecule has 1 N–H and O–H groups in total. The fraction of sp³-hybridized carbons (Fsp3) is 0.276. The standard InChI is InChI=1S/C29H31ClN4O3S/c1-32(2)18-23-19-33(15-16-37-23)22-12-8-11-21(17-22)26(20-9-4-3-5-10-20)34-29(36)27(28(35)31-34)38-25-14-7-6-13-24(25)30/h3-14,17,23,26,36H,15-16,18-19H2,1-2H3,(H,31,35)/p-1. The van der Waals surface area contributed by atoms with Crippen molar-refractivity contribution < 1.29 is 9.84 Å². The lowest BCUT2D eigenvalue weighted by atomic mass is 9.98. The number of hydrogen-bond acceptors (Lipinski definition) is 6. The van der Waals surface area contributed by atoms with Crippen LogP contribution in [-0.4, -0.2) is 61.1 Å². The topological polar surface area (TPSA) is 76.6 Å². The van der Waals surface area contributed by atoms with E-state index in [0.29, 0.717) is 16.5 Å². The molecule has 1 aromatic heterocycles. The fourth-order valence-corrected chi connectivity index (χ4v) is 5.92. The van der Waals surface area contributed by atoms with Crippen LogP contribution in [-0.2, 0) is 4.74 Å². The van der Waals surface area contributed by atoms with Crippen molar-refractivity contribution in [3.05, 3.63) is 105 Å². The summed E-state index contributed by atoms with van der Waals surface area (Å²) in [4.78, 5) is 18.2. The van der Waals surface area contributed by atoms with E-state index in [2.05, 4.69) is 27.0 Å². The summed E-state index contributed by atoms with van der Waals surface area (Å²) >= 11 is 7.40. The van der Waals surface area contributed by atoms with E-state index in [-0.39, 0.29) is 16.9 Å². The molecule has 2 unspecified atom stereocenters. The number of anilines is 1. The lowest BCUT2D eigenvalue weighted by Gasteiger charge is -2.36. The van der Waals surface area contributed by atoms with Crippen molar-refractivity contribution in [2.75, 3.05) is 45.2 Å². The number of aromatic amines is 1. The largest absolute Gasteiger partial charge is 0.858 e. The predicted octanol–water partition coefficient (Wildman–Crippen LogP) is 4.46. The van der Waals surface area contributed by atoms with Crippen molar-refractivity contribution in [1.82, 2.24) is 14.7 Å². The summed E-state index contributed by atoms with van der Waals surface area (Å²) in [5.41, 5.74) is 2.43. The predicted molar refractivity (Wildman–Crippen MR) is 151 cm³/mol. The monoisotopic (exact) mass is 549 g/mol. The molecule has 1 aliphatic heterocycles. The lowest BCUT2D eigenvalue weighted by molar-refractivity contribution is -0.284. The quantitative estimate of drug-likeness (QED) is 0.350. The molecule has 0 radical (unpaired) electrons. The molecule has 1 aliphatic rings. The maximum Gasteiger partial charge on any atom is 0.277 e. The minimum atomic E-state index is -0.504. The van der Waals surface area contributed by atoms with Crippen LogP contribution in [0.4, 0.5) is 5.69 Å². The molecule has 0 saturated carbocycles. The van der Waals surface area contributed by atoms with Gasteiger partial charge in [-0.1, -0.05) is 78.0 Å². The van der Waals surface area contributed by atoms with Gasteiger partial charge in [0, 0.05) is 36.1 Å². The molecule has 4 aromatic rings. The summed E-state index contributed by atoms with van der Waals surface area (Å²) in [5, 5.41) is 17.0. The number of aromatic nitrogens is 2. The van der Waals surface area contributed by atoms with E-state index in [0.717, 1.165) is 48.2 Å². The zero-order chi connectivity index (χ0) is 26.6. The number of rotatable bonds is 8. The van der Waals surface area contributed by atoms with Crippen molar-refractivity contribution in [1.29, 1.82) is 0 Å². The van der Waals surface area contributed by atoms with Gasteiger partial charge in [-0.05, 0) is 49.5 Å². The molecule has 0 spiro atoms. The van der Waals surface area contributed by atoms with Gasteiger partial charge in [0.15, 0.2) is 0 Å². The summed E-state index contributed by atoms with van der Waals surface area (Å²) in [6.45, 7) is 3.07. The molecule has 3 aromatic carbocycles. The van der Waals surface area contributed by atoms with Gasteiger partial charge in [-0.3, -0.25) is 14.6 Å². The zero-order valence-electron chi connectivity index (χ0n) is 21.3. The van der Waals surface area contributed by atoms with E-state index in [1.807, 2.05) is 68.7 Å². The molecule has 2 atom stereocenters. The number of ether oxygens (including phenoxy) is 1. The summed E-state index contributed by atoms with van der Waals surface area (Å²) in [5.74, 6) is -0.378. The second kappa shape index (κ2) is 11.7. The number of benzene rings is 3. The minimum absolute atomic E-state index is 0.0925. The minimum Gasteiger partial charge on any atom is -0.858 e. The van der Waals surface area contributed by atoms with Gasteiger partial charge < -0.3 is 19.6 Å². The number of nitrogens with zero attached hydrogens (tertiary/aromatic N) is 3. The van der Waals surface area contributed by atoms with Crippen molar-refractivity contribution in [3.63, 3.8) is 0 Å². The van der Waals surface area contributed by atoms with Crippen molar-refractivity contribution in [2.45, 2.75) is 21.9 Å². The molecular formula is C29H30ClN4O3S-. The van der Waals surface area contributed by atoms with Crippen molar-refractivity contribution in [3.8, 4) is 5.88 Å². The second-order valence-electron chi connectivity index (χ2n) is 9.59. The lowest BCUT2D eigenvalue weighted by Crippen LogP contribution is -2.46. The molecule has 9 heteroatoms. The third kappa shape index (κ3) is 5.78. The summed E-state index contributed by atoms with van der Waals surface area (Å²) in [6.07, 6.45) is 0.116. The highest BCUT2D eigenvalue weighted by Crippen LogP contribution is 2.38. The van der Waals surface area contributed by atoms with Gasteiger partial charge in [0.05, 0.1) is 28.7 Å². The molecule has 1 fully saturated rings. The van der Waals surface area contributed by atoms with Crippen LogP contribution < -0.4 is 15.6 Å². The van der Waals surface area contributed by atoms with Crippen LogP contribution in [0.15, 0.2) is 93.4 Å². The highest BCUT2D eigenvalue weighted by Gasteiger charge is 2.24. The molecule has 38 heavy (non-hydrogen) atoms. The van der Waals surface area contributed by atoms with Gasteiger partial charge in [0.1, 0.15) is 0 Å². The average molecular weight is 550 g/mol. The Balaban J connectivity index is 1.53. The highest BCUT2D eigenvalue weighted by atomic mass is 35.5. The van der Waals surface area contributed by atoms with Gasteiger partial charge in [-0.15, -0.1) is 0 Å². The number of morpholine rings is 1. The van der Waals surface area contributed by atoms with E-state index in [1.54, 1.807) is 12.1 Å². The van der Waals surface area contributed by atoms with Crippen LogP contribution >= 0.6 is 23.4 Å². The van der Waals surface area contributed by atoms with Gasteiger partial charge in [-0.2, -0.15) is 0 Å². The van der Waals surface area contributed by atoms with Crippen LogP contribution in [0.2, 0.25) is 5.02 Å². The van der Waals surface area contributed by atoms with Crippen molar-refractivity contribution >= 4 is 29.1 Å². The number of H-pyrrole nitrogens is 1. The molecule has 0 aliphatic carbocycles. The normalized spacial score (nSPS) is 16.6. The molecule has 198 valence electrons. The number of halogens is 1. The second-order valence-corrected chi connectivity index (χ2v) is 11.0. The summed E-state index contributed by atoms with van der Waals surface area (Å²) in [6, 6.07) is 24.6. The average Bonchev–Trinajstić information content (AvgIpc) is 3.19. The van der Waals surface area contributed by atoms with Crippen molar-refractivity contribution in [2.24, 2.45) is 0 Å². The van der Waals surface area contributed by atoms with E-state index >= 15 is 0 Å². The number of likely N-dealkylation sites (N-methyl/N-ethyl adjacent to an activating group) is 1. The van der Waals surface area contributed by atoms with Crippen LogP contribution in [0, 0.1) is 0 Å². The van der Waals surface area contributed by atoms with Gasteiger partial charge in [0.25, 0.3) is 5.56 Å². The van der Waals surface area contributed by atoms with E-state index < -0.39 is 11.6 Å². The van der Waals surface area contributed by atoms with Crippen LogP contribution in [0.1, 0.15) is 17.2 Å². The third-order valence-corrected chi connectivity index (χ3v) is 8.10. The fourth-order valence-electron chi connectivity index (χ4n) is 4.82. The smallest absolute Gasteiger partial charge is 0.277 e. The first-order valence-corrected chi connectivity index (χ1v) is 13.7. The first-order chi connectivity index (χ1) is 18.4. The first-order valence-electron chi connectivity index (χ1n) is 12.5. The van der Waals surface area contributed by atoms with Crippen LogP contribution in [0.25, 0.3) is 0 Å².